The van der Waals surface area contributed by atoms with E-state index in [0.29, 0.717) is 5.75 Å². The number of aromatic nitrogens is 3. The molecule has 0 saturated carbocycles. The van der Waals surface area contributed by atoms with Crippen LogP contribution >= 0.6 is 23.1 Å². The van der Waals surface area contributed by atoms with Crippen molar-refractivity contribution in [2.24, 2.45) is 0 Å². The zero-order chi connectivity index (χ0) is 20.2. The van der Waals surface area contributed by atoms with Crippen molar-refractivity contribution in [3.63, 3.8) is 0 Å². The summed E-state index contributed by atoms with van der Waals surface area (Å²) >= 11 is 3.13. The minimum absolute atomic E-state index is 0.0835. The Morgan fingerprint density at radius 2 is 1.86 bits per heavy atom. The Kier molecular flexibility index (Phi) is 5.59. The highest BCUT2D eigenvalue weighted by Crippen LogP contribution is 2.32. The molecule has 4 rings (SSSR count). The van der Waals surface area contributed by atoms with Crippen molar-refractivity contribution in [3.8, 4) is 22.1 Å². The molecule has 9 heteroatoms. The summed E-state index contributed by atoms with van der Waals surface area (Å²) in [6, 6.07) is 18.3. The number of nitro groups is 1. The first-order valence-electron chi connectivity index (χ1n) is 8.65. The van der Waals surface area contributed by atoms with Gasteiger partial charge in [-0.1, -0.05) is 30.0 Å². The van der Waals surface area contributed by atoms with Crippen LogP contribution in [0.1, 0.15) is 5.56 Å². The van der Waals surface area contributed by atoms with E-state index in [2.05, 4.69) is 10.2 Å². The Hall–Kier alpha value is -3.17. The molecule has 0 aliphatic carbocycles. The Balaban J connectivity index is 1.64. The summed E-state index contributed by atoms with van der Waals surface area (Å²) in [5, 5.41) is 22.4. The van der Waals surface area contributed by atoms with E-state index in [1.165, 1.54) is 23.9 Å². The molecular formula is C20H16N4O3S2. The zero-order valence-electron chi connectivity index (χ0n) is 15.4. The monoisotopic (exact) mass is 424 g/mol. The number of benzene rings is 2. The number of hydrogen-bond donors (Lipinski definition) is 0. The minimum atomic E-state index is -0.398. The first-order chi connectivity index (χ1) is 14.2. The quantitative estimate of drug-likeness (QED) is 0.230. The first-order valence-corrected chi connectivity index (χ1v) is 10.5. The molecule has 0 saturated heterocycles. The van der Waals surface area contributed by atoms with E-state index in [9.17, 15) is 10.1 Å². The van der Waals surface area contributed by atoms with Crippen LogP contribution in [0.5, 0.6) is 5.75 Å². The van der Waals surface area contributed by atoms with Gasteiger partial charge in [-0.3, -0.25) is 14.7 Å². The maximum Gasteiger partial charge on any atom is 0.269 e. The van der Waals surface area contributed by atoms with Crippen LogP contribution < -0.4 is 4.74 Å². The fraction of sp³-hybridized carbons (Fsp3) is 0.100. The van der Waals surface area contributed by atoms with Crippen LogP contribution in [0.3, 0.4) is 0 Å². The van der Waals surface area contributed by atoms with Gasteiger partial charge in [-0.2, -0.15) is 0 Å². The van der Waals surface area contributed by atoms with Crippen LogP contribution in [-0.2, 0) is 5.75 Å². The fourth-order valence-electron chi connectivity index (χ4n) is 2.75. The number of methoxy groups -OCH3 is 1. The van der Waals surface area contributed by atoms with Crippen LogP contribution in [0.15, 0.2) is 71.2 Å². The lowest BCUT2D eigenvalue weighted by atomic mass is 10.2. The molecule has 0 atom stereocenters. The molecular weight excluding hydrogens is 408 g/mol. The SMILES string of the molecule is COc1ccc(-n2c(SCc3ccc([N+](=O)[O-])cc3)nnc2-c2cccs2)cc1. The van der Waals surface area contributed by atoms with Gasteiger partial charge < -0.3 is 4.74 Å². The molecule has 2 heterocycles. The van der Waals surface area contributed by atoms with Gasteiger partial charge in [-0.25, -0.2) is 0 Å². The molecule has 0 unspecified atom stereocenters. The van der Waals surface area contributed by atoms with Crippen molar-refractivity contribution < 1.29 is 9.66 Å². The number of hydrogen-bond acceptors (Lipinski definition) is 7. The number of nitrogens with zero attached hydrogens (tertiary/aromatic N) is 4. The van der Waals surface area contributed by atoms with Crippen molar-refractivity contribution in [2.45, 2.75) is 10.9 Å². The molecule has 7 nitrogen and oxygen atoms in total. The number of nitro benzene ring substituents is 1. The first kappa shape index (κ1) is 19.2. The summed E-state index contributed by atoms with van der Waals surface area (Å²) in [5.74, 6) is 2.17. The van der Waals surface area contributed by atoms with Gasteiger partial charge in [0.1, 0.15) is 5.75 Å². The molecule has 146 valence electrons. The van der Waals surface area contributed by atoms with Gasteiger partial charge in [-0.05, 0) is 41.3 Å². The highest BCUT2D eigenvalue weighted by molar-refractivity contribution is 7.98. The standard InChI is InChI=1S/C20H16N4O3S2/c1-27-17-10-8-15(9-11-17)23-19(18-3-2-12-28-18)21-22-20(23)29-13-14-4-6-16(7-5-14)24(25)26/h2-12H,13H2,1H3. The third-order valence-electron chi connectivity index (χ3n) is 4.22. The lowest BCUT2D eigenvalue weighted by Gasteiger charge is -2.10. The maximum atomic E-state index is 10.8. The lowest BCUT2D eigenvalue weighted by molar-refractivity contribution is -0.384. The van der Waals surface area contributed by atoms with E-state index >= 15 is 0 Å². The normalized spacial score (nSPS) is 10.8. The summed E-state index contributed by atoms with van der Waals surface area (Å²) in [6.07, 6.45) is 0. The summed E-state index contributed by atoms with van der Waals surface area (Å²) in [6.45, 7) is 0. The number of ether oxygens (including phenoxy) is 1. The predicted molar refractivity (Wildman–Crippen MR) is 114 cm³/mol. The van der Waals surface area contributed by atoms with Crippen molar-refractivity contribution in [1.29, 1.82) is 0 Å². The van der Waals surface area contributed by atoms with Gasteiger partial charge in [0.25, 0.3) is 5.69 Å². The lowest BCUT2D eigenvalue weighted by Crippen LogP contribution is -1.99. The van der Waals surface area contributed by atoms with E-state index in [1.807, 2.05) is 46.3 Å². The molecule has 0 aliphatic heterocycles. The summed E-state index contributed by atoms with van der Waals surface area (Å²) in [4.78, 5) is 11.5. The van der Waals surface area contributed by atoms with Crippen LogP contribution in [0.2, 0.25) is 0 Å². The van der Waals surface area contributed by atoms with Gasteiger partial charge in [0, 0.05) is 17.9 Å². The number of thioether (sulfide) groups is 1. The molecule has 4 aromatic rings. The van der Waals surface area contributed by atoms with E-state index in [-0.39, 0.29) is 5.69 Å². The van der Waals surface area contributed by atoms with Crippen molar-refractivity contribution >= 4 is 28.8 Å². The fourth-order valence-corrected chi connectivity index (χ4v) is 4.36. The zero-order valence-corrected chi connectivity index (χ0v) is 17.0. The number of thiophene rings is 1. The summed E-state index contributed by atoms with van der Waals surface area (Å²) in [5.41, 5.74) is 1.99. The molecule has 0 fully saturated rings. The third kappa shape index (κ3) is 4.15. The van der Waals surface area contributed by atoms with Gasteiger partial charge in [0.2, 0.25) is 0 Å². The third-order valence-corrected chi connectivity index (χ3v) is 6.09. The maximum absolute atomic E-state index is 10.8. The van der Waals surface area contributed by atoms with Crippen LogP contribution in [0.4, 0.5) is 5.69 Å². The van der Waals surface area contributed by atoms with E-state index in [1.54, 1.807) is 30.6 Å². The van der Waals surface area contributed by atoms with Crippen molar-refractivity contribution in [3.05, 3.63) is 81.7 Å². The molecule has 0 spiro atoms. The smallest absolute Gasteiger partial charge is 0.269 e. The van der Waals surface area contributed by atoms with Crippen LogP contribution in [0.25, 0.3) is 16.4 Å². The average Bonchev–Trinajstić information content (AvgIpc) is 3.42. The number of rotatable bonds is 7. The van der Waals surface area contributed by atoms with Crippen LogP contribution in [-0.4, -0.2) is 26.8 Å². The molecule has 2 aromatic heterocycles. The summed E-state index contributed by atoms with van der Waals surface area (Å²) < 4.78 is 7.27. The Bertz CT molecular complexity index is 1110. The minimum Gasteiger partial charge on any atom is -0.497 e. The van der Waals surface area contributed by atoms with E-state index < -0.39 is 4.92 Å². The van der Waals surface area contributed by atoms with Crippen LogP contribution in [0, 0.1) is 10.1 Å². The van der Waals surface area contributed by atoms with E-state index in [4.69, 9.17) is 4.74 Å². The number of non-ortho nitro benzene ring substituents is 1. The average molecular weight is 425 g/mol. The Labute approximate surface area is 175 Å². The topological polar surface area (TPSA) is 83.1 Å². The highest BCUT2D eigenvalue weighted by atomic mass is 32.2. The largest absolute Gasteiger partial charge is 0.497 e. The summed E-state index contributed by atoms with van der Waals surface area (Å²) in [7, 11) is 1.64. The van der Waals surface area contributed by atoms with Crippen molar-refractivity contribution in [1.82, 2.24) is 14.8 Å². The van der Waals surface area contributed by atoms with Crippen molar-refractivity contribution in [2.75, 3.05) is 7.11 Å². The molecule has 2 aromatic carbocycles. The Morgan fingerprint density at radius 1 is 1.10 bits per heavy atom. The molecule has 0 aliphatic rings. The molecule has 0 N–H and O–H groups in total. The van der Waals surface area contributed by atoms with Gasteiger partial charge in [-0.15, -0.1) is 21.5 Å². The molecule has 0 radical (unpaired) electrons. The molecule has 29 heavy (non-hydrogen) atoms. The second-order valence-corrected chi connectivity index (χ2v) is 7.92. The molecule has 0 amide bonds. The predicted octanol–water partition coefficient (Wildman–Crippen LogP) is 5.20. The van der Waals surface area contributed by atoms with E-state index in [0.717, 1.165) is 32.9 Å². The van der Waals surface area contributed by atoms with Gasteiger partial charge in [0.15, 0.2) is 11.0 Å². The molecule has 0 bridgehead atoms. The highest BCUT2D eigenvalue weighted by Gasteiger charge is 2.17. The van der Waals surface area contributed by atoms with Gasteiger partial charge >= 0.3 is 0 Å². The van der Waals surface area contributed by atoms with Gasteiger partial charge in [0.05, 0.1) is 22.6 Å². The Morgan fingerprint density at radius 3 is 2.48 bits per heavy atom. The second-order valence-electron chi connectivity index (χ2n) is 6.03. The second kappa shape index (κ2) is 8.46.